The summed E-state index contributed by atoms with van der Waals surface area (Å²) < 4.78 is 5.03. The van der Waals surface area contributed by atoms with Crippen LogP contribution >= 0.6 is 0 Å². The predicted octanol–water partition coefficient (Wildman–Crippen LogP) is 2.70. The summed E-state index contributed by atoms with van der Waals surface area (Å²) in [4.78, 5) is 34.6. The van der Waals surface area contributed by atoms with Gasteiger partial charge >= 0.3 is 5.97 Å². The first-order chi connectivity index (χ1) is 13.0. The zero-order valence-electron chi connectivity index (χ0n) is 14.6. The highest BCUT2D eigenvalue weighted by molar-refractivity contribution is 6.02. The van der Waals surface area contributed by atoms with E-state index in [9.17, 15) is 19.7 Å². The number of amides is 1. The quantitative estimate of drug-likeness (QED) is 0.459. The Labute approximate surface area is 155 Å². The zero-order chi connectivity index (χ0) is 19.4. The van der Waals surface area contributed by atoms with Gasteiger partial charge in [-0.25, -0.2) is 9.80 Å². The van der Waals surface area contributed by atoms with Gasteiger partial charge in [-0.05, 0) is 24.6 Å². The Balaban J connectivity index is 1.59. The first-order valence-corrected chi connectivity index (χ1v) is 8.31. The molecule has 0 radical (unpaired) electrons. The Hall–Kier alpha value is -3.55. The summed E-state index contributed by atoms with van der Waals surface area (Å²) in [6.07, 6.45) is 0.630. The van der Waals surface area contributed by atoms with Gasteiger partial charge in [0.25, 0.3) is 11.6 Å². The molecule has 27 heavy (non-hydrogen) atoms. The van der Waals surface area contributed by atoms with E-state index in [1.807, 2.05) is 30.3 Å². The van der Waals surface area contributed by atoms with Gasteiger partial charge in [-0.1, -0.05) is 30.3 Å². The Morgan fingerprint density at radius 1 is 1.22 bits per heavy atom. The van der Waals surface area contributed by atoms with E-state index >= 15 is 0 Å². The Morgan fingerprint density at radius 3 is 2.63 bits per heavy atom. The number of aryl methyl sites for hydroxylation is 1. The number of nitro benzene ring substituents is 1. The van der Waals surface area contributed by atoms with Crippen LogP contribution in [0.25, 0.3) is 0 Å². The number of ether oxygens (including phenoxy) is 1. The summed E-state index contributed by atoms with van der Waals surface area (Å²) in [6.45, 7) is 1.52. The van der Waals surface area contributed by atoms with Crippen LogP contribution in [0.15, 0.2) is 53.6 Å². The van der Waals surface area contributed by atoms with Crippen molar-refractivity contribution in [1.82, 2.24) is 5.01 Å². The fraction of sp³-hybridized carbons (Fsp3) is 0.211. The second kappa shape index (κ2) is 7.77. The molecule has 0 spiro atoms. The van der Waals surface area contributed by atoms with Crippen LogP contribution < -0.4 is 0 Å². The van der Waals surface area contributed by atoms with Crippen molar-refractivity contribution in [2.45, 2.75) is 13.3 Å². The third-order valence-electron chi connectivity index (χ3n) is 4.15. The molecule has 0 aliphatic carbocycles. The van der Waals surface area contributed by atoms with E-state index < -0.39 is 23.4 Å². The molecule has 1 heterocycles. The molecule has 0 saturated heterocycles. The number of hydrogen-bond acceptors (Lipinski definition) is 6. The molecule has 2 aromatic rings. The second-order valence-corrected chi connectivity index (χ2v) is 6.01. The minimum atomic E-state index is -0.715. The van der Waals surface area contributed by atoms with E-state index in [4.69, 9.17) is 4.74 Å². The topological polar surface area (TPSA) is 102 Å². The lowest BCUT2D eigenvalue weighted by Gasteiger charge is -2.11. The minimum absolute atomic E-state index is 0.0810. The molecule has 138 valence electrons. The number of hydrazone groups is 1. The van der Waals surface area contributed by atoms with Crippen LogP contribution in [-0.2, 0) is 9.53 Å². The van der Waals surface area contributed by atoms with Crippen LogP contribution in [-0.4, -0.2) is 40.7 Å². The van der Waals surface area contributed by atoms with Crippen molar-refractivity contribution in [3.8, 4) is 0 Å². The van der Waals surface area contributed by atoms with Crippen LogP contribution in [0.4, 0.5) is 5.69 Å². The number of rotatable bonds is 5. The van der Waals surface area contributed by atoms with E-state index in [0.717, 1.165) is 11.3 Å². The van der Waals surface area contributed by atoms with Gasteiger partial charge in [0.05, 0.1) is 22.7 Å². The van der Waals surface area contributed by atoms with Crippen LogP contribution in [0.2, 0.25) is 0 Å². The van der Waals surface area contributed by atoms with Crippen molar-refractivity contribution in [1.29, 1.82) is 0 Å². The van der Waals surface area contributed by atoms with Crippen molar-refractivity contribution in [3.63, 3.8) is 0 Å². The molecule has 3 rings (SSSR count). The summed E-state index contributed by atoms with van der Waals surface area (Å²) in [7, 11) is 0. The monoisotopic (exact) mass is 367 g/mol. The van der Waals surface area contributed by atoms with Crippen molar-refractivity contribution < 1.29 is 19.2 Å². The number of esters is 1. The Bertz CT molecular complexity index is 924. The molecule has 0 saturated carbocycles. The molecule has 0 atom stereocenters. The van der Waals surface area contributed by atoms with Crippen molar-refractivity contribution >= 4 is 23.3 Å². The molecule has 8 heteroatoms. The van der Waals surface area contributed by atoms with E-state index in [2.05, 4.69) is 5.10 Å². The molecule has 0 aromatic heterocycles. The van der Waals surface area contributed by atoms with Gasteiger partial charge in [-0.2, -0.15) is 5.10 Å². The number of benzene rings is 2. The van der Waals surface area contributed by atoms with Gasteiger partial charge in [0.15, 0.2) is 6.61 Å². The zero-order valence-corrected chi connectivity index (χ0v) is 14.6. The maximum atomic E-state index is 12.2. The van der Waals surface area contributed by atoms with Crippen LogP contribution in [0.5, 0.6) is 0 Å². The van der Waals surface area contributed by atoms with Gasteiger partial charge in [0, 0.05) is 18.1 Å². The average molecular weight is 367 g/mol. The lowest BCUT2D eigenvalue weighted by molar-refractivity contribution is -0.385. The van der Waals surface area contributed by atoms with Gasteiger partial charge in [0.2, 0.25) is 0 Å². The van der Waals surface area contributed by atoms with Crippen molar-refractivity contribution in [2.24, 2.45) is 5.10 Å². The fourth-order valence-electron chi connectivity index (χ4n) is 2.74. The van der Waals surface area contributed by atoms with Crippen molar-refractivity contribution in [3.05, 3.63) is 75.3 Å². The number of carbonyl (C=O) groups excluding carboxylic acids is 2. The van der Waals surface area contributed by atoms with Crippen LogP contribution in [0, 0.1) is 17.0 Å². The van der Waals surface area contributed by atoms with Crippen molar-refractivity contribution in [2.75, 3.05) is 13.2 Å². The largest absolute Gasteiger partial charge is 0.452 e. The molecule has 0 unspecified atom stereocenters. The molecule has 2 aromatic carbocycles. The molecule has 1 amide bonds. The maximum absolute atomic E-state index is 12.2. The highest BCUT2D eigenvalue weighted by atomic mass is 16.6. The molecule has 0 fully saturated rings. The molecule has 8 nitrogen and oxygen atoms in total. The summed E-state index contributed by atoms with van der Waals surface area (Å²) in [6, 6.07) is 13.5. The SMILES string of the molecule is Cc1cc(C(=O)OCC(=O)N2CCC(c3ccccc3)=N2)ccc1[N+](=O)[O-]. The maximum Gasteiger partial charge on any atom is 0.338 e. The first kappa shape index (κ1) is 18.2. The lowest BCUT2D eigenvalue weighted by Crippen LogP contribution is -2.28. The second-order valence-electron chi connectivity index (χ2n) is 6.01. The van der Waals surface area contributed by atoms with E-state index in [1.165, 1.54) is 30.1 Å². The normalized spacial score (nSPS) is 13.2. The highest BCUT2D eigenvalue weighted by Crippen LogP contribution is 2.19. The molecule has 0 bridgehead atoms. The first-order valence-electron chi connectivity index (χ1n) is 8.31. The number of nitrogens with zero attached hydrogens (tertiary/aromatic N) is 3. The number of hydrogen-bond donors (Lipinski definition) is 0. The summed E-state index contributed by atoms with van der Waals surface area (Å²) in [5, 5.41) is 16.4. The minimum Gasteiger partial charge on any atom is -0.452 e. The van der Waals surface area contributed by atoms with E-state index in [-0.39, 0.29) is 11.3 Å². The lowest BCUT2D eigenvalue weighted by atomic mass is 10.1. The third kappa shape index (κ3) is 4.17. The molecular formula is C19H17N3O5. The smallest absolute Gasteiger partial charge is 0.338 e. The molecule has 1 aliphatic rings. The van der Waals surface area contributed by atoms with Gasteiger partial charge < -0.3 is 4.74 Å². The van der Waals surface area contributed by atoms with E-state index in [1.54, 1.807) is 0 Å². The van der Waals surface area contributed by atoms with Crippen LogP contribution in [0.3, 0.4) is 0 Å². The average Bonchev–Trinajstić information content (AvgIpc) is 3.16. The summed E-state index contributed by atoms with van der Waals surface area (Å²) >= 11 is 0. The van der Waals surface area contributed by atoms with Gasteiger partial charge in [-0.15, -0.1) is 0 Å². The predicted molar refractivity (Wildman–Crippen MR) is 97.4 cm³/mol. The molecular weight excluding hydrogens is 350 g/mol. The third-order valence-corrected chi connectivity index (χ3v) is 4.15. The van der Waals surface area contributed by atoms with Crippen LogP contribution in [0.1, 0.15) is 27.9 Å². The van der Waals surface area contributed by atoms with E-state index in [0.29, 0.717) is 18.5 Å². The summed E-state index contributed by atoms with van der Waals surface area (Å²) in [5.74, 6) is -1.14. The molecule has 1 aliphatic heterocycles. The standard InChI is InChI=1S/C19H17N3O5/c1-13-11-15(7-8-17(13)22(25)26)19(24)27-12-18(23)21-10-9-16(20-21)14-5-3-2-4-6-14/h2-8,11H,9-10,12H2,1H3. The summed E-state index contributed by atoms with van der Waals surface area (Å²) in [5.41, 5.74) is 2.17. The Kier molecular flexibility index (Phi) is 5.25. The number of carbonyl (C=O) groups is 2. The number of nitro groups is 1. The Morgan fingerprint density at radius 2 is 1.96 bits per heavy atom. The fourth-order valence-corrected chi connectivity index (χ4v) is 2.74. The highest BCUT2D eigenvalue weighted by Gasteiger charge is 2.23. The van der Waals surface area contributed by atoms with Gasteiger partial charge in [-0.3, -0.25) is 14.9 Å². The molecule has 0 N–H and O–H groups in total. The van der Waals surface area contributed by atoms with Gasteiger partial charge in [0.1, 0.15) is 0 Å².